The van der Waals surface area contributed by atoms with E-state index in [1.165, 1.54) is 0 Å². The Kier molecular flexibility index (Phi) is 8.46. The molecule has 0 fully saturated rings. The lowest BCUT2D eigenvalue weighted by molar-refractivity contribution is -0.131. The topological polar surface area (TPSA) is 70.7 Å². The van der Waals surface area contributed by atoms with Gasteiger partial charge in [-0.3, -0.25) is 9.59 Å². The first-order valence-electron chi connectivity index (χ1n) is 5.32. The third-order valence-corrected chi connectivity index (χ3v) is 2.11. The first-order chi connectivity index (χ1) is 7.61. The summed E-state index contributed by atoms with van der Waals surface area (Å²) in [6.07, 6.45) is 0. The maximum absolute atomic E-state index is 11.3. The van der Waals surface area contributed by atoms with Gasteiger partial charge in [0.15, 0.2) is 0 Å². The van der Waals surface area contributed by atoms with Crippen LogP contribution >= 0.6 is 0 Å². The molecular weight excluding hydrogens is 210 g/mol. The van der Waals surface area contributed by atoms with Crippen LogP contribution in [0.15, 0.2) is 0 Å². The zero-order chi connectivity index (χ0) is 12.4. The summed E-state index contributed by atoms with van der Waals surface area (Å²) in [7, 11) is 3.30. The summed E-state index contributed by atoms with van der Waals surface area (Å²) >= 11 is 0. The number of hydrogen-bond donors (Lipinski definition) is 2. The molecule has 0 saturated carbocycles. The predicted molar refractivity (Wildman–Crippen MR) is 61.1 cm³/mol. The van der Waals surface area contributed by atoms with Gasteiger partial charge in [-0.1, -0.05) is 0 Å². The minimum Gasteiger partial charge on any atom is -0.383 e. The molecular formula is C10H21N3O3. The summed E-state index contributed by atoms with van der Waals surface area (Å²) in [6.45, 7) is 3.95. The maximum Gasteiger partial charge on any atom is 0.241 e. The standard InChI is InChI=1S/C10H21N3O3/c1-4-13(2)10(15)8-12-9(14)7-11-5-6-16-3/h11H,4-8H2,1-3H3,(H,12,14). The van der Waals surface area contributed by atoms with Crippen molar-refractivity contribution in [1.82, 2.24) is 15.5 Å². The smallest absolute Gasteiger partial charge is 0.241 e. The number of nitrogens with zero attached hydrogens (tertiary/aromatic N) is 1. The van der Waals surface area contributed by atoms with Crippen LogP contribution in [0.25, 0.3) is 0 Å². The molecule has 2 N–H and O–H groups in total. The predicted octanol–water partition coefficient (Wildman–Crippen LogP) is -1.18. The molecule has 0 saturated heterocycles. The molecule has 6 nitrogen and oxygen atoms in total. The molecule has 2 amide bonds. The average molecular weight is 231 g/mol. The molecule has 0 aromatic rings. The summed E-state index contributed by atoms with van der Waals surface area (Å²) in [5.41, 5.74) is 0. The van der Waals surface area contributed by atoms with E-state index in [0.29, 0.717) is 19.7 Å². The number of amides is 2. The van der Waals surface area contributed by atoms with Crippen LogP contribution in [0.5, 0.6) is 0 Å². The van der Waals surface area contributed by atoms with Crippen LogP contribution < -0.4 is 10.6 Å². The van der Waals surface area contributed by atoms with Gasteiger partial charge in [-0.2, -0.15) is 0 Å². The van der Waals surface area contributed by atoms with Crippen molar-refractivity contribution in [2.24, 2.45) is 0 Å². The van der Waals surface area contributed by atoms with Crippen LogP contribution in [0.1, 0.15) is 6.92 Å². The van der Waals surface area contributed by atoms with Gasteiger partial charge in [0.05, 0.1) is 19.7 Å². The summed E-state index contributed by atoms with van der Waals surface area (Å²) < 4.78 is 4.81. The minimum absolute atomic E-state index is 0.0507. The monoisotopic (exact) mass is 231 g/mol. The highest BCUT2D eigenvalue weighted by Crippen LogP contribution is 1.81. The van der Waals surface area contributed by atoms with E-state index in [0.717, 1.165) is 0 Å². The minimum atomic E-state index is -0.186. The second kappa shape index (κ2) is 9.11. The number of hydrogen-bond acceptors (Lipinski definition) is 4. The Morgan fingerprint density at radius 1 is 1.31 bits per heavy atom. The molecule has 0 unspecified atom stereocenters. The van der Waals surface area contributed by atoms with Gasteiger partial charge in [0.25, 0.3) is 0 Å². The Bertz CT molecular complexity index is 221. The SMILES string of the molecule is CCN(C)C(=O)CNC(=O)CNCCOC. The second-order valence-corrected chi connectivity index (χ2v) is 3.35. The van der Waals surface area contributed by atoms with Gasteiger partial charge in [0.1, 0.15) is 0 Å². The molecule has 0 radical (unpaired) electrons. The normalized spacial score (nSPS) is 9.94. The Balaban J connectivity index is 3.53. The molecule has 0 rings (SSSR count). The maximum atomic E-state index is 11.3. The molecule has 0 aliphatic carbocycles. The molecule has 0 atom stereocenters. The van der Waals surface area contributed by atoms with Gasteiger partial charge in [0, 0.05) is 27.2 Å². The third-order valence-electron chi connectivity index (χ3n) is 2.11. The van der Waals surface area contributed by atoms with Crippen LogP contribution in [0.4, 0.5) is 0 Å². The summed E-state index contributed by atoms with van der Waals surface area (Å²) in [5, 5.41) is 5.43. The van der Waals surface area contributed by atoms with E-state index in [9.17, 15) is 9.59 Å². The van der Waals surface area contributed by atoms with Gasteiger partial charge in [0.2, 0.25) is 11.8 Å². The highest BCUT2D eigenvalue weighted by molar-refractivity contribution is 5.85. The Hall–Kier alpha value is -1.14. The van der Waals surface area contributed by atoms with Gasteiger partial charge < -0.3 is 20.3 Å². The van der Waals surface area contributed by atoms with Gasteiger partial charge in [-0.25, -0.2) is 0 Å². The van der Waals surface area contributed by atoms with Crippen molar-refractivity contribution >= 4 is 11.8 Å². The van der Waals surface area contributed by atoms with Gasteiger partial charge in [-0.15, -0.1) is 0 Å². The summed E-state index contributed by atoms with van der Waals surface area (Å²) in [6, 6.07) is 0. The van der Waals surface area contributed by atoms with Crippen molar-refractivity contribution < 1.29 is 14.3 Å². The molecule has 94 valence electrons. The highest BCUT2D eigenvalue weighted by Gasteiger charge is 2.07. The van der Waals surface area contributed by atoms with Gasteiger partial charge in [-0.05, 0) is 6.92 Å². The summed E-state index contributed by atoms with van der Waals surface area (Å²) in [4.78, 5) is 24.1. The van der Waals surface area contributed by atoms with Crippen molar-refractivity contribution in [2.45, 2.75) is 6.92 Å². The second-order valence-electron chi connectivity index (χ2n) is 3.35. The Labute approximate surface area is 96.3 Å². The van der Waals surface area contributed by atoms with Crippen LogP contribution in [0.3, 0.4) is 0 Å². The molecule has 6 heteroatoms. The van der Waals surface area contributed by atoms with E-state index in [1.807, 2.05) is 6.92 Å². The van der Waals surface area contributed by atoms with E-state index in [4.69, 9.17) is 4.74 Å². The molecule has 16 heavy (non-hydrogen) atoms. The largest absolute Gasteiger partial charge is 0.383 e. The number of nitrogens with one attached hydrogen (secondary N) is 2. The van der Waals surface area contributed by atoms with E-state index >= 15 is 0 Å². The van der Waals surface area contributed by atoms with Crippen LogP contribution in [-0.4, -0.2) is 63.7 Å². The quantitative estimate of drug-likeness (QED) is 0.516. The number of ether oxygens (including phenoxy) is 1. The third kappa shape index (κ3) is 7.19. The fourth-order valence-corrected chi connectivity index (χ4v) is 0.924. The molecule has 0 bridgehead atoms. The Morgan fingerprint density at radius 2 is 2.00 bits per heavy atom. The fraction of sp³-hybridized carbons (Fsp3) is 0.800. The van der Waals surface area contributed by atoms with E-state index in [2.05, 4.69) is 10.6 Å². The first kappa shape index (κ1) is 14.9. The van der Waals surface area contributed by atoms with Crippen molar-refractivity contribution in [3.8, 4) is 0 Å². The van der Waals surface area contributed by atoms with Crippen LogP contribution in [0.2, 0.25) is 0 Å². The Morgan fingerprint density at radius 3 is 2.56 bits per heavy atom. The zero-order valence-electron chi connectivity index (χ0n) is 10.2. The molecule has 0 aliphatic heterocycles. The lowest BCUT2D eigenvalue weighted by Gasteiger charge is -2.14. The molecule has 0 aromatic heterocycles. The highest BCUT2D eigenvalue weighted by atomic mass is 16.5. The number of methoxy groups -OCH3 is 1. The number of rotatable bonds is 8. The summed E-state index contributed by atoms with van der Waals surface area (Å²) in [5.74, 6) is -0.276. The van der Waals surface area contributed by atoms with Gasteiger partial charge >= 0.3 is 0 Å². The van der Waals surface area contributed by atoms with Crippen molar-refractivity contribution in [3.63, 3.8) is 0 Å². The van der Waals surface area contributed by atoms with Crippen LogP contribution in [-0.2, 0) is 14.3 Å². The van der Waals surface area contributed by atoms with E-state index in [-0.39, 0.29) is 24.9 Å². The zero-order valence-corrected chi connectivity index (χ0v) is 10.2. The number of likely N-dealkylation sites (N-methyl/N-ethyl adjacent to an activating group) is 1. The van der Waals surface area contributed by atoms with Crippen molar-refractivity contribution in [1.29, 1.82) is 0 Å². The number of carbonyl (C=O) groups is 2. The van der Waals surface area contributed by atoms with E-state index < -0.39 is 0 Å². The fourth-order valence-electron chi connectivity index (χ4n) is 0.924. The van der Waals surface area contributed by atoms with Crippen molar-refractivity contribution in [3.05, 3.63) is 0 Å². The molecule has 0 aliphatic rings. The lowest BCUT2D eigenvalue weighted by atomic mass is 10.4. The molecule has 0 heterocycles. The lowest BCUT2D eigenvalue weighted by Crippen LogP contribution is -2.41. The molecule has 0 spiro atoms. The first-order valence-corrected chi connectivity index (χ1v) is 5.32. The van der Waals surface area contributed by atoms with Crippen LogP contribution in [0, 0.1) is 0 Å². The average Bonchev–Trinajstić information content (AvgIpc) is 2.30. The number of carbonyl (C=O) groups excluding carboxylic acids is 2. The van der Waals surface area contributed by atoms with Crippen molar-refractivity contribution in [2.75, 3.05) is 46.9 Å². The molecule has 0 aromatic carbocycles. The van der Waals surface area contributed by atoms with E-state index in [1.54, 1.807) is 19.1 Å².